The molecule has 7 heteroatoms. The van der Waals surface area contributed by atoms with E-state index in [1.165, 1.54) is 36.4 Å². The fraction of sp³-hybridized carbons (Fsp3) is 0. The summed E-state index contributed by atoms with van der Waals surface area (Å²) in [6.07, 6.45) is 2.41. The second-order valence-electron chi connectivity index (χ2n) is 4.65. The van der Waals surface area contributed by atoms with Crippen molar-refractivity contribution in [3.05, 3.63) is 60.7 Å². The molecule has 0 fully saturated rings. The predicted molar refractivity (Wildman–Crippen MR) is 81.8 cm³/mol. The molecule has 0 saturated carbocycles. The average molecular weight is 328 g/mol. The van der Waals surface area contributed by atoms with E-state index in [9.17, 15) is 18.4 Å². The van der Waals surface area contributed by atoms with Crippen LogP contribution < -0.4 is 9.64 Å². The van der Waals surface area contributed by atoms with Crippen LogP contribution in [0.25, 0.3) is 0 Å². The van der Waals surface area contributed by atoms with Crippen molar-refractivity contribution >= 4 is 28.6 Å². The van der Waals surface area contributed by atoms with Gasteiger partial charge in [0, 0.05) is 23.1 Å². The van der Waals surface area contributed by atoms with Crippen LogP contribution in [0, 0.1) is 0 Å². The minimum absolute atomic E-state index is 0.158. The normalized spacial score (nSPS) is 15.1. The molecule has 0 aliphatic carbocycles. The average Bonchev–Trinajstić information content (AvgIpc) is 2.87. The van der Waals surface area contributed by atoms with Crippen molar-refractivity contribution in [3.63, 3.8) is 0 Å². The highest BCUT2D eigenvalue weighted by Crippen LogP contribution is 2.28. The summed E-state index contributed by atoms with van der Waals surface area (Å²) in [5.41, 5.74) is 0.403. The van der Waals surface area contributed by atoms with Crippen LogP contribution in [-0.4, -0.2) is 20.6 Å². The van der Waals surface area contributed by atoms with Crippen LogP contribution in [0.2, 0.25) is 0 Å². The lowest BCUT2D eigenvalue weighted by atomic mass is 10.2. The Balaban J connectivity index is 1.81. The molecule has 1 aliphatic rings. The molecule has 2 amide bonds. The maximum atomic E-state index is 11.7. The number of nitrogens with zero attached hydrogens (tertiary/aromatic N) is 1. The van der Waals surface area contributed by atoms with E-state index in [-0.39, 0.29) is 4.90 Å². The summed E-state index contributed by atoms with van der Waals surface area (Å²) >= 11 is -2.29. The van der Waals surface area contributed by atoms with E-state index in [1.807, 2.05) is 0 Å². The van der Waals surface area contributed by atoms with Gasteiger partial charge in [0.15, 0.2) is 0 Å². The Kier molecular flexibility index (Phi) is 4.05. The van der Waals surface area contributed by atoms with Crippen LogP contribution in [-0.2, 0) is 20.7 Å². The zero-order valence-electron chi connectivity index (χ0n) is 11.7. The van der Waals surface area contributed by atoms with E-state index in [1.54, 1.807) is 24.3 Å². The lowest BCUT2D eigenvalue weighted by Gasteiger charge is -2.15. The summed E-state index contributed by atoms with van der Waals surface area (Å²) in [7, 11) is 0. The Bertz CT molecular complexity index is 811. The summed E-state index contributed by atoms with van der Waals surface area (Å²) in [6.45, 7) is 0. The highest BCUT2D eigenvalue weighted by molar-refractivity contribution is 7.79. The molecule has 0 radical (unpaired) electrons. The highest BCUT2D eigenvalue weighted by atomic mass is 32.2. The van der Waals surface area contributed by atoms with Crippen LogP contribution in [0.5, 0.6) is 11.5 Å². The molecule has 0 saturated heterocycles. The highest BCUT2D eigenvalue weighted by Gasteiger charge is 2.25. The van der Waals surface area contributed by atoms with Crippen molar-refractivity contribution < 1.29 is 23.1 Å². The molecule has 6 nitrogen and oxygen atoms in total. The zero-order valence-corrected chi connectivity index (χ0v) is 12.5. The number of imide groups is 1. The van der Waals surface area contributed by atoms with Crippen LogP contribution in [0.3, 0.4) is 0 Å². The van der Waals surface area contributed by atoms with E-state index in [4.69, 9.17) is 4.74 Å². The van der Waals surface area contributed by atoms with Gasteiger partial charge in [-0.15, -0.1) is 0 Å². The van der Waals surface area contributed by atoms with Gasteiger partial charge in [-0.2, -0.15) is 0 Å². The molecule has 0 N–H and O–H groups in total. The Morgan fingerprint density at radius 3 is 2.17 bits per heavy atom. The summed E-state index contributed by atoms with van der Waals surface area (Å²) in [5, 5.41) is 0. The molecule has 1 heterocycles. The van der Waals surface area contributed by atoms with Gasteiger partial charge in [0.1, 0.15) is 11.5 Å². The zero-order chi connectivity index (χ0) is 16.4. The quantitative estimate of drug-likeness (QED) is 0.634. The number of anilines is 1. The SMILES string of the molecule is O=C1C=CC(=O)N1c1cccc(Oc2ccc(S(=O)[O-])cc2)c1. The Morgan fingerprint density at radius 1 is 0.913 bits per heavy atom. The maximum Gasteiger partial charge on any atom is 0.258 e. The molecule has 1 atom stereocenters. The maximum absolute atomic E-state index is 11.7. The van der Waals surface area contributed by atoms with Crippen LogP contribution in [0.4, 0.5) is 5.69 Å². The summed E-state index contributed by atoms with van der Waals surface area (Å²) in [5.74, 6) is 0.0448. The molecule has 2 aromatic carbocycles. The molecule has 2 aromatic rings. The topological polar surface area (TPSA) is 86.7 Å². The fourth-order valence-electron chi connectivity index (χ4n) is 2.10. The van der Waals surface area contributed by atoms with E-state index in [2.05, 4.69) is 0 Å². The molecular formula is C16H10NO5S-. The number of hydrogen-bond donors (Lipinski definition) is 0. The minimum atomic E-state index is -2.29. The van der Waals surface area contributed by atoms with Gasteiger partial charge < -0.3 is 9.29 Å². The molecule has 0 spiro atoms. The first-order valence-electron chi connectivity index (χ1n) is 6.58. The number of hydrogen-bond acceptors (Lipinski definition) is 5. The third-order valence-corrected chi connectivity index (χ3v) is 3.79. The Morgan fingerprint density at radius 2 is 1.57 bits per heavy atom. The molecule has 1 unspecified atom stereocenters. The summed E-state index contributed by atoms with van der Waals surface area (Å²) in [6, 6.07) is 12.4. The summed E-state index contributed by atoms with van der Waals surface area (Å²) in [4.78, 5) is 24.5. The van der Waals surface area contributed by atoms with Crippen LogP contribution >= 0.6 is 0 Å². The van der Waals surface area contributed by atoms with Crippen LogP contribution in [0.15, 0.2) is 65.6 Å². The van der Waals surface area contributed by atoms with E-state index >= 15 is 0 Å². The lowest BCUT2D eigenvalue weighted by Crippen LogP contribution is -2.29. The first-order chi connectivity index (χ1) is 11.0. The fourth-order valence-corrected chi connectivity index (χ4v) is 2.45. The van der Waals surface area contributed by atoms with Gasteiger partial charge in [0.25, 0.3) is 11.8 Å². The van der Waals surface area contributed by atoms with E-state index < -0.39 is 22.9 Å². The molecule has 23 heavy (non-hydrogen) atoms. The van der Waals surface area contributed by atoms with Gasteiger partial charge in [0.2, 0.25) is 0 Å². The molecule has 3 rings (SSSR count). The Labute approximate surface area is 134 Å². The van der Waals surface area contributed by atoms with Crippen molar-refractivity contribution in [1.29, 1.82) is 0 Å². The van der Waals surface area contributed by atoms with Crippen molar-refractivity contribution in [3.8, 4) is 11.5 Å². The minimum Gasteiger partial charge on any atom is -0.768 e. The smallest absolute Gasteiger partial charge is 0.258 e. The third kappa shape index (κ3) is 3.20. The monoisotopic (exact) mass is 328 g/mol. The molecule has 116 valence electrons. The van der Waals surface area contributed by atoms with Crippen LogP contribution in [0.1, 0.15) is 0 Å². The number of benzene rings is 2. The van der Waals surface area contributed by atoms with Crippen molar-refractivity contribution in [1.82, 2.24) is 0 Å². The third-order valence-electron chi connectivity index (χ3n) is 3.14. The Hall–Kier alpha value is -2.77. The molecule has 0 aromatic heterocycles. The first-order valence-corrected chi connectivity index (χ1v) is 7.65. The predicted octanol–water partition coefficient (Wildman–Crippen LogP) is 2.15. The van der Waals surface area contributed by atoms with E-state index in [0.29, 0.717) is 17.2 Å². The van der Waals surface area contributed by atoms with Gasteiger partial charge in [-0.1, -0.05) is 6.07 Å². The number of amides is 2. The number of carbonyl (C=O) groups is 2. The standard InChI is InChI=1S/C16H11NO5S/c18-15-8-9-16(19)17(15)11-2-1-3-13(10-11)22-12-4-6-14(7-5-12)23(20)21/h1-10H,(H,20,21)/p-1. The molecular weight excluding hydrogens is 318 g/mol. The lowest BCUT2D eigenvalue weighted by molar-refractivity contribution is -0.119. The molecule has 1 aliphatic heterocycles. The van der Waals surface area contributed by atoms with Crippen molar-refractivity contribution in [2.24, 2.45) is 0 Å². The van der Waals surface area contributed by atoms with Crippen molar-refractivity contribution in [2.45, 2.75) is 4.90 Å². The van der Waals surface area contributed by atoms with Gasteiger partial charge in [-0.25, -0.2) is 4.90 Å². The van der Waals surface area contributed by atoms with Gasteiger partial charge in [-0.3, -0.25) is 13.8 Å². The summed E-state index contributed by atoms with van der Waals surface area (Å²) < 4.78 is 27.2. The second kappa shape index (κ2) is 6.15. The van der Waals surface area contributed by atoms with Gasteiger partial charge in [0.05, 0.1) is 5.69 Å². The van der Waals surface area contributed by atoms with Gasteiger partial charge in [-0.05, 0) is 47.5 Å². The largest absolute Gasteiger partial charge is 0.768 e. The van der Waals surface area contributed by atoms with E-state index in [0.717, 1.165) is 4.90 Å². The van der Waals surface area contributed by atoms with Gasteiger partial charge >= 0.3 is 0 Å². The number of ether oxygens (including phenoxy) is 1. The number of rotatable bonds is 4. The second-order valence-corrected chi connectivity index (χ2v) is 5.59. The molecule has 0 bridgehead atoms. The first kappa shape index (κ1) is 15.1. The van der Waals surface area contributed by atoms with Crippen molar-refractivity contribution in [2.75, 3.05) is 4.90 Å². The number of carbonyl (C=O) groups excluding carboxylic acids is 2.